The number of hydrogen-bond acceptors (Lipinski definition) is 3. The molecule has 1 aromatic rings. The van der Waals surface area contributed by atoms with Crippen molar-refractivity contribution in [2.24, 2.45) is 5.73 Å². The van der Waals surface area contributed by atoms with Crippen molar-refractivity contribution in [1.29, 1.82) is 0 Å². The highest BCUT2D eigenvalue weighted by Gasteiger charge is 2.22. The number of halogens is 1. The fourth-order valence-electron chi connectivity index (χ4n) is 2.20. The quantitative estimate of drug-likeness (QED) is 0.861. The summed E-state index contributed by atoms with van der Waals surface area (Å²) in [7, 11) is 1.76. The molecule has 2 rings (SSSR count). The van der Waals surface area contributed by atoms with E-state index in [0.29, 0.717) is 11.1 Å². The minimum Gasteiger partial charge on any atom is -0.389 e. The van der Waals surface area contributed by atoms with Gasteiger partial charge >= 0.3 is 0 Å². The summed E-state index contributed by atoms with van der Waals surface area (Å²) in [5.41, 5.74) is 7.50. The Morgan fingerprint density at radius 3 is 2.94 bits per heavy atom. The lowest BCUT2D eigenvalue weighted by Gasteiger charge is -2.16. The molecule has 3 nitrogen and oxygen atoms in total. The highest BCUT2D eigenvalue weighted by Crippen LogP contribution is 2.22. The van der Waals surface area contributed by atoms with Crippen LogP contribution in [0.4, 0.5) is 0 Å². The number of rotatable bonds is 4. The van der Waals surface area contributed by atoms with Crippen LogP contribution in [0.1, 0.15) is 17.5 Å². The van der Waals surface area contributed by atoms with Gasteiger partial charge in [-0.05, 0) is 18.1 Å². The van der Waals surface area contributed by atoms with Gasteiger partial charge in [-0.15, -0.1) is 0 Å². The van der Waals surface area contributed by atoms with E-state index in [9.17, 15) is 0 Å². The van der Waals surface area contributed by atoms with Gasteiger partial charge in [-0.2, -0.15) is 0 Å². The Labute approximate surface area is 118 Å². The lowest BCUT2D eigenvalue weighted by molar-refractivity contribution is 0.107. The molecule has 1 aliphatic rings. The topological polar surface area (TPSA) is 38.5 Å². The summed E-state index contributed by atoms with van der Waals surface area (Å²) in [5.74, 6) is 0. The molecule has 1 atom stereocenters. The van der Waals surface area contributed by atoms with Crippen molar-refractivity contribution in [3.63, 3.8) is 0 Å². The number of nitrogens with two attached hydrogens (primary N) is 1. The van der Waals surface area contributed by atoms with Crippen molar-refractivity contribution in [2.75, 3.05) is 20.2 Å². The predicted octanol–water partition coefficient (Wildman–Crippen LogP) is 2.19. The molecule has 1 aromatic carbocycles. The maximum absolute atomic E-state index is 6.25. The number of methoxy groups -OCH3 is 1. The van der Waals surface area contributed by atoms with Crippen LogP contribution in [0.15, 0.2) is 18.2 Å². The van der Waals surface area contributed by atoms with Gasteiger partial charge in [0.15, 0.2) is 0 Å². The van der Waals surface area contributed by atoms with Crippen molar-refractivity contribution in [3.05, 3.63) is 34.3 Å². The molecule has 0 aliphatic carbocycles. The van der Waals surface area contributed by atoms with Gasteiger partial charge in [-0.25, -0.2) is 0 Å². The minimum atomic E-state index is 0.347. The zero-order chi connectivity index (χ0) is 13.1. The number of thiocarbonyl (C=S) groups is 1. The minimum absolute atomic E-state index is 0.347. The monoisotopic (exact) mass is 284 g/mol. The van der Waals surface area contributed by atoms with Gasteiger partial charge in [0, 0.05) is 37.3 Å². The van der Waals surface area contributed by atoms with Gasteiger partial charge in [0.2, 0.25) is 0 Å². The van der Waals surface area contributed by atoms with Gasteiger partial charge < -0.3 is 10.5 Å². The lowest BCUT2D eigenvalue weighted by Crippen LogP contribution is -2.22. The number of nitrogens with zero attached hydrogens (tertiary/aromatic N) is 1. The highest BCUT2D eigenvalue weighted by atomic mass is 35.5. The third kappa shape index (κ3) is 3.20. The van der Waals surface area contributed by atoms with Gasteiger partial charge in [-0.3, -0.25) is 4.90 Å². The van der Waals surface area contributed by atoms with E-state index in [0.717, 1.165) is 42.2 Å². The number of benzene rings is 1. The van der Waals surface area contributed by atoms with Gasteiger partial charge in [0.1, 0.15) is 4.99 Å². The smallest absolute Gasteiger partial charge is 0.104 e. The summed E-state index contributed by atoms with van der Waals surface area (Å²) in [6.07, 6.45) is 1.43. The molecule has 0 bridgehead atoms. The first-order valence-electron chi connectivity index (χ1n) is 5.93. The van der Waals surface area contributed by atoms with E-state index < -0.39 is 0 Å². The van der Waals surface area contributed by atoms with Crippen LogP contribution in [-0.4, -0.2) is 36.2 Å². The third-order valence-corrected chi connectivity index (χ3v) is 3.88. The Morgan fingerprint density at radius 2 is 2.39 bits per heavy atom. The summed E-state index contributed by atoms with van der Waals surface area (Å²) < 4.78 is 5.35. The molecule has 1 unspecified atom stereocenters. The summed E-state index contributed by atoms with van der Waals surface area (Å²) in [5, 5.41) is 0.723. The SMILES string of the molecule is COC1CCN(Cc2ccc(C(N)=S)cc2Cl)C1. The van der Waals surface area contributed by atoms with E-state index in [4.69, 9.17) is 34.3 Å². The Balaban J connectivity index is 2.04. The fourth-order valence-corrected chi connectivity index (χ4v) is 2.57. The average molecular weight is 285 g/mol. The van der Waals surface area contributed by atoms with E-state index in [1.807, 2.05) is 18.2 Å². The molecule has 0 spiro atoms. The zero-order valence-electron chi connectivity index (χ0n) is 10.4. The molecule has 98 valence electrons. The van der Waals surface area contributed by atoms with Crippen LogP contribution in [0.5, 0.6) is 0 Å². The van der Waals surface area contributed by atoms with Crippen LogP contribution < -0.4 is 5.73 Å². The van der Waals surface area contributed by atoms with Gasteiger partial charge in [-0.1, -0.05) is 36.0 Å². The maximum atomic E-state index is 6.25. The van der Waals surface area contributed by atoms with Crippen LogP contribution >= 0.6 is 23.8 Å². The van der Waals surface area contributed by atoms with Crippen molar-refractivity contribution in [2.45, 2.75) is 19.1 Å². The van der Waals surface area contributed by atoms with Crippen LogP contribution in [-0.2, 0) is 11.3 Å². The molecule has 1 fully saturated rings. The molecule has 2 N–H and O–H groups in total. The van der Waals surface area contributed by atoms with E-state index in [-0.39, 0.29) is 0 Å². The zero-order valence-corrected chi connectivity index (χ0v) is 11.9. The number of likely N-dealkylation sites (tertiary alicyclic amines) is 1. The van der Waals surface area contributed by atoms with Crippen LogP contribution in [0.2, 0.25) is 5.02 Å². The average Bonchev–Trinajstić information content (AvgIpc) is 2.79. The number of ether oxygens (including phenoxy) is 1. The Morgan fingerprint density at radius 1 is 1.61 bits per heavy atom. The highest BCUT2D eigenvalue weighted by molar-refractivity contribution is 7.80. The van der Waals surface area contributed by atoms with Crippen molar-refractivity contribution in [1.82, 2.24) is 4.90 Å². The van der Waals surface area contributed by atoms with E-state index in [1.165, 1.54) is 0 Å². The predicted molar refractivity (Wildman–Crippen MR) is 78.0 cm³/mol. The molecule has 0 amide bonds. The molecular formula is C13H17ClN2OS. The first kappa shape index (κ1) is 13.7. The molecule has 5 heteroatoms. The lowest BCUT2D eigenvalue weighted by atomic mass is 10.1. The van der Waals surface area contributed by atoms with E-state index >= 15 is 0 Å². The maximum Gasteiger partial charge on any atom is 0.104 e. The summed E-state index contributed by atoms with van der Waals surface area (Å²) in [4.78, 5) is 2.72. The first-order valence-corrected chi connectivity index (χ1v) is 6.72. The van der Waals surface area contributed by atoms with Crippen molar-refractivity contribution < 1.29 is 4.74 Å². The fraction of sp³-hybridized carbons (Fsp3) is 0.462. The first-order chi connectivity index (χ1) is 8.60. The van der Waals surface area contributed by atoms with E-state index in [1.54, 1.807) is 7.11 Å². The van der Waals surface area contributed by atoms with Crippen LogP contribution in [0.3, 0.4) is 0 Å². The van der Waals surface area contributed by atoms with Gasteiger partial charge in [0.05, 0.1) is 6.10 Å². The summed E-state index contributed by atoms with van der Waals surface area (Å²) in [6, 6.07) is 5.76. The Kier molecular flexibility index (Phi) is 4.56. The Hall–Kier alpha value is -0.680. The summed E-state index contributed by atoms with van der Waals surface area (Å²) >= 11 is 11.2. The second-order valence-corrected chi connectivity index (χ2v) is 5.40. The molecule has 1 aliphatic heterocycles. The molecule has 0 radical (unpaired) electrons. The molecular weight excluding hydrogens is 268 g/mol. The van der Waals surface area contributed by atoms with Crippen LogP contribution in [0, 0.1) is 0 Å². The Bertz CT molecular complexity index is 453. The van der Waals surface area contributed by atoms with Gasteiger partial charge in [0.25, 0.3) is 0 Å². The molecule has 1 heterocycles. The standard InChI is InChI=1S/C13H17ClN2OS/c1-17-11-4-5-16(8-11)7-10-3-2-9(13(15)18)6-12(10)14/h2-3,6,11H,4-5,7-8H2,1H3,(H2,15,18). The van der Waals surface area contributed by atoms with E-state index in [2.05, 4.69) is 4.90 Å². The van der Waals surface area contributed by atoms with Crippen molar-refractivity contribution in [3.8, 4) is 0 Å². The second-order valence-electron chi connectivity index (χ2n) is 4.55. The summed E-state index contributed by atoms with van der Waals surface area (Å²) in [6.45, 7) is 2.85. The molecule has 18 heavy (non-hydrogen) atoms. The third-order valence-electron chi connectivity index (χ3n) is 3.29. The second kappa shape index (κ2) is 5.97. The van der Waals surface area contributed by atoms with Crippen LogP contribution in [0.25, 0.3) is 0 Å². The normalized spacial score (nSPS) is 20.2. The molecule has 0 aromatic heterocycles. The largest absolute Gasteiger partial charge is 0.389 e. The van der Waals surface area contributed by atoms with Crippen molar-refractivity contribution >= 4 is 28.8 Å². The molecule has 1 saturated heterocycles. The number of hydrogen-bond donors (Lipinski definition) is 1. The molecule has 0 saturated carbocycles.